The highest BCUT2D eigenvalue weighted by atomic mass is 19.1. The number of halogens is 1. The van der Waals surface area contributed by atoms with Crippen LogP contribution in [0.2, 0.25) is 0 Å². The van der Waals surface area contributed by atoms with Crippen LogP contribution in [0.4, 0.5) is 25.4 Å². The Kier molecular flexibility index (Phi) is 6.03. The van der Waals surface area contributed by atoms with E-state index >= 15 is 0 Å². The summed E-state index contributed by atoms with van der Waals surface area (Å²) in [5.41, 5.74) is 2.01. The predicted molar refractivity (Wildman–Crippen MR) is 125 cm³/mol. The van der Waals surface area contributed by atoms with Gasteiger partial charge in [-0.3, -0.25) is 14.8 Å². The summed E-state index contributed by atoms with van der Waals surface area (Å²) in [5, 5.41) is 10.0. The number of aromatic nitrogens is 1. The number of anilines is 2. The lowest BCUT2D eigenvalue weighted by Gasteiger charge is -2.49. The molecule has 0 bridgehead atoms. The molecule has 8 heteroatoms. The summed E-state index contributed by atoms with van der Waals surface area (Å²) in [6.07, 6.45) is 4.55. The Morgan fingerprint density at radius 1 is 1.21 bits per heavy atom. The Morgan fingerprint density at radius 3 is 2.64 bits per heavy atom. The van der Waals surface area contributed by atoms with E-state index in [2.05, 4.69) is 4.98 Å². The number of urea groups is 1. The van der Waals surface area contributed by atoms with Gasteiger partial charge in [0, 0.05) is 24.5 Å². The van der Waals surface area contributed by atoms with Gasteiger partial charge < -0.3 is 10.0 Å². The van der Waals surface area contributed by atoms with Crippen molar-refractivity contribution >= 4 is 23.5 Å². The topological polar surface area (TPSA) is 77.0 Å². The Morgan fingerprint density at radius 2 is 1.97 bits per heavy atom. The van der Waals surface area contributed by atoms with Gasteiger partial charge in [0.2, 0.25) is 0 Å². The number of para-hydroxylation sites is 1. The molecule has 2 aliphatic heterocycles. The van der Waals surface area contributed by atoms with Crippen molar-refractivity contribution in [3.8, 4) is 0 Å². The van der Waals surface area contributed by atoms with Crippen LogP contribution in [0, 0.1) is 18.2 Å². The Hall–Kier alpha value is -3.16. The summed E-state index contributed by atoms with van der Waals surface area (Å²) in [4.78, 5) is 35.2. The van der Waals surface area contributed by atoms with E-state index in [1.807, 2.05) is 20.8 Å². The molecule has 3 amide bonds. The van der Waals surface area contributed by atoms with Gasteiger partial charge in [0.1, 0.15) is 5.82 Å². The van der Waals surface area contributed by atoms with Crippen molar-refractivity contribution in [2.24, 2.45) is 5.41 Å². The molecule has 0 aliphatic carbocycles. The van der Waals surface area contributed by atoms with Crippen molar-refractivity contribution in [3.63, 3.8) is 0 Å². The van der Waals surface area contributed by atoms with E-state index in [1.165, 1.54) is 15.9 Å². The molecule has 1 saturated heterocycles. The standard InChI is InChI=1S/C25H31FN4O3/c1-16-8-7-9-18(26)21(16)29-15-17-14-27-12-11-19(17)30(23(29)31)20-10-5-6-13-28(24(32)33)22(20)25(2,3)4/h7-9,11-12,14,20,22H,5-6,10,13,15H2,1-4H3,(H,32,33)/t20-,22?/m0/s1. The fourth-order valence-electron chi connectivity index (χ4n) is 5.38. The molecule has 2 aromatic rings. The average molecular weight is 455 g/mol. The van der Waals surface area contributed by atoms with Crippen molar-refractivity contribution in [2.45, 2.75) is 65.6 Å². The Labute approximate surface area is 193 Å². The van der Waals surface area contributed by atoms with Gasteiger partial charge in [-0.05, 0) is 49.3 Å². The number of benzene rings is 1. The molecule has 1 N–H and O–H groups in total. The monoisotopic (exact) mass is 454 g/mol. The van der Waals surface area contributed by atoms with E-state index in [9.17, 15) is 19.1 Å². The summed E-state index contributed by atoms with van der Waals surface area (Å²) in [7, 11) is 0. The molecule has 0 radical (unpaired) electrons. The van der Waals surface area contributed by atoms with Gasteiger partial charge in [0.15, 0.2) is 0 Å². The number of rotatable bonds is 2. The predicted octanol–water partition coefficient (Wildman–Crippen LogP) is 5.42. The lowest BCUT2D eigenvalue weighted by molar-refractivity contribution is 0.0740. The highest BCUT2D eigenvalue weighted by Crippen LogP contribution is 2.41. The largest absolute Gasteiger partial charge is 0.465 e. The second-order valence-electron chi connectivity index (χ2n) is 10.00. The molecule has 4 rings (SSSR count). The zero-order valence-electron chi connectivity index (χ0n) is 19.6. The molecule has 0 saturated carbocycles. The molecular formula is C25H31FN4O3. The minimum absolute atomic E-state index is 0.204. The first-order chi connectivity index (χ1) is 15.6. The third kappa shape index (κ3) is 4.14. The van der Waals surface area contributed by atoms with Crippen molar-refractivity contribution in [3.05, 3.63) is 53.6 Å². The van der Waals surface area contributed by atoms with Gasteiger partial charge in [-0.15, -0.1) is 0 Å². The first-order valence-electron chi connectivity index (χ1n) is 11.4. The molecule has 2 atom stereocenters. The summed E-state index contributed by atoms with van der Waals surface area (Å²) >= 11 is 0. The number of aryl methyl sites for hydroxylation is 1. The van der Waals surface area contributed by atoms with E-state index in [1.54, 1.807) is 42.4 Å². The van der Waals surface area contributed by atoms with Gasteiger partial charge >= 0.3 is 12.1 Å². The third-order valence-electron chi connectivity index (χ3n) is 6.68. The fourth-order valence-corrected chi connectivity index (χ4v) is 5.38. The molecule has 1 unspecified atom stereocenters. The van der Waals surface area contributed by atoms with Crippen LogP contribution in [-0.2, 0) is 6.54 Å². The zero-order chi connectivity index (χ0) is 23.9. The Balaban J connectivity index is 1.88. The number of amides is 3. The normalized spacial score (nSPS) is 21.6. The molecule has 33 heavy (non-hydrogen) atoms. The number of carbonyl (C=O) groups is 2. The van der Waals surface area contributed by atoms with Crippen LogP contribution in [0.25, 0.3) is 0 Å². The average Bonchev–Trinajstić information content (AvgIpc) is 2.97. The second kappa shape index (κ2) is 8.65. The van der Waals surface area contributed by atoms with E-state index in [-0.39, 0.29) is 18.3 Å². The molecule has 0 spiro atoms. The molecule has 7 nitrogen and oxygen atoms in total. The number of carboxylic acid groups (broad SMARTS) is 1. The van der Waals surface area contributed by atoms with Crippen LogP contribution in [0.3, 0.4) is 0 Å². The van der Waals surface area contributed by atoms with Gasteiger partial charge in [-0.1, -0.05) is 32.9 Å². The minimum atomic E-state index is -0.983. The lowest BCUT2D eigenvalue weighted by Crippen LogP contribution is -2.62. The van der Waals surface area contributed by atoms with E-state index in [0.717, 1.165) is 18.4 Å². The van der Waals surface area contributed by atoms with Crippen molar-refractivity contribution in [1.82, 2.24) is 9.88 Å². The van der Waals surface area contributed by atoms with Crippen LogP contribution in [-0.4, -0.2) is 45.7 Å². The van der Waals surface area contributed by atoms with Gasteiger partial charge in [0.05, 0.1) is 30.0 Å². The van der Waals surface area contributed by atoms with Crippen molar-refractivity contribution in [2.75, 3.05) is 16.3 Å². The molecule has 176 valence electrons. The van der Waals surface area contributed by atoms with Crippen LogP contribution in [0.1, 0.15) is 51.2 Å². The highest BCUT2D eigenvalue weighted by molar-refractivity contribution is 6.07. The van der Waals surface area contributed by atoms with Crippen LogP contribution in [0.15, 0.2) is 36.7 Å². The number of carbonyl (C=O) groups excluding carboxylic acids is 1. The van der Waals surface area contributed by atoms with E-state index in [4.69, 9.17) is 0 Å². The molecule has 3 heterocycles. The van der Waals surface area contributed by atoms with E-state index in [0.29, 0.717) is 24.2 Å². The van der Waals surface area contributed by atoms with Crippen molar-refractivity contribution < 1.29 is 19.1 Å². The maximum absolute atomic E-state index is 14.9. The number of pyridine rings is 1. The first-order valence-corrected chi connectivity index (χ1v) is 11.4. The number of hydrogen-bond acceptors (Lipinski definition) is 3. The van der Waals surface area contributed by atoms with Gasteiger partial charge in [0.25, 0.3) is 0 Å². The maximum Gasteiger partial charge on any atom is 0.407 e. The van der Waals surface area contributed by atoms with Crippen LogP contribution < -0.4 is 9.80 Å². The summed E-state index contributed by atoms with van der Waals surface area (Å²) in [6.45, 7) is 8.43. The second-order valence-corrected chi connectivity index (χ2v) is 10.00. The Bertz CT molecular complexity index is 1050. The summed E-state index contributed by atoms with van der Waals surface area (Å²) < 4.78 is 14.9. The van der Waals surface area contributed by atoms with Crippen LogP contribution >= 0.6 is 0 Å². The van der Waals surface area contributed by atoms with Gasteiger partial charge in [-0.2, -0.15) is 0 Å². The number of nitrogens with zero attached hydrogens (tertiary/aromatic N) is 4. The quantitative estimate of drug-likeness (QED) is 0.657. The summed E-state index contributed by atoms with van der Waals surface area (Å²) in [6, 6.07) is 5.40. The smallest absolute Gasteiger partial charge is 0.407 e. The molecule has 1 fully saturated rings. The SMILES string of the molecule is Cc1cccc(F)c1N1Cc2cnccc2N([C@H]2CCCCN(C(=O)O)C2C(C)(C)C)C1=O. The number of likely N-dealkylation sites (tertiary alicyclic amines) is 1. The zero-order valence-corrected chi connectivity index (χ0v) is 19.6. The highest BCUT2D eigenvalue weighted by Gasteiger charge is 2.47. The minimum Gasteiger partial charge on any atom is -0.465 e. The first kappa shape index (κ1) is 23.0. The third-order valence-corrected chi connectivity index (χ3v) is 6.68. The molecular weight excluding hydrogens is 423 g/mol. The molecule has 2 aliphatic rings. The van der Waals surface area contributed by atoms with Crippen molar-refractivity contribution in [1.29, 1.82) is 0 Å². The van der Waals surface area contributed by atoms with Gasteiger partial charge in [-0.25, -0.2) is 14.0 Å². The molecule has 1 aromatic heterocycles. The number of hydrogen-bond donors (Lipinski definition) is 1. The van der Waals surface area contributed by atoms with Crippen LogP contribution in [0.5, 0.6) is 0 Å². The lowest BCUT2D eigenvalue weighted by atomic mass is 9.79. The summed E-state index contributed by atoms with van der Waals surface area (Å²) in [5.74, 6) is -0.462. The fraction of sp³-hybridized carbons (Fsp3) is 0.480. The molecule has 1 aromatic carbocycles. The maximum atomic E-state index is 14.9. The number of fused-ring (bicyclic) bond motifs is 1. The van der Waals surface area contributed by atoms with E-state index < -0.39 is 29.4 Å².